The van der Waals surface area contributed by atoms with Gasteiger partial charge in [0.2, 0.25) is 0 Å². The van der Waals surface area contributed by atoms with E-state index in [2.05, 4.69) is 15.8 Å². The number of aryl methyl sites for hydroxylation is 1. The number of hydrogen-bond acceptors (Lipinski definition) is 3. The topological polar surface area (TPSA) is 70.6 Å². The maximum Gasteiger partial charge on any atom is 0.271 e. The van der Waals surface area contributed by atoms with Crippen molar-refractivity contribution < 1.29 is 9.59 Å². The zero-order chi connectivity index (χ0) is 20.8. The van der Waals surface area contributed by atoms with E-state index in [0.717, 1.165) is 5.56 Å². The molecule has 3 aromatic rings. The number of halogens is 2. The average molecular weight is 426 g/mol. The Morgan fingerprint density at radius 2 is 1.62 bits per heavy atom. The molecule has 146 valence electrons. The molecular formula is C22H17Cl2N3O2. The van der Waals surface area contributed by atoms with Crippen LogP contribution >= 0.6 is 23.2 Å². The van der Waals surface area contributed by atoms with E-state index in [1.807, 2.05) is 19.1 Å². The zero-order valence-corrected chi connectivity index (χ0v) is 17.0. The number of amides is 2. The van der Waals surface area contributed by atoms with Crippen molar-refractivity contribution in [2.45, 2.75) is 6.92 Å². The molecule has 0 aliphatic rings. The van der Waals surface area contributed by atoms with Crippen LogP contribution in [0.4, 0.5) is 5.69 Å². The number of hydrogen-bond donors (Lipinski definition) is 2. The second-order valence-electron chi connectivity index (χ2n) is 6.27. The van der Waals surface area contributed by atoms with Crippen molar-refractivity contribution in [2.24, 2.45) is 5.10 Å². The summed E-state index contributed by atoms with van der Waals surface area (Å²) in [5.41, 5.74) is 5.45. The summed E-state index contributed by atoms with van der Waals surface area (Å²) in [7, 11) is 0. The van der Waals surface area contributed by atoms with Crippen LogP contribution in [-0.4, -0.2) is 18.0 Å². The van der Waals surface area contributed by atoms with Gasteiger partial charge in [0.05, 0.1) is 11.2 Å². The Morgan fingerprint density at radius 1 is 0.897 bits per heavy atom. The molecule has 0 heterocycles. The smallest absolute Gasteiger partial charge is 0.271 e. The number of carbonyl (C=O) groups excluding carboxylic acids is 2. The molecule has 0 aromatic heterocycles. The van der Waals surface area contributed by atoms with Crippen LogP contribution in [0.2, 0.25) is 10.0 Å². The highest BCUT2D eigenvalue weighted by molar-refractivity contribution is 6.36. The van der Waals surface area contributed by atoms with Gasteiger partial charge in [-0.2, -0.15) is 5.10 Å². The molecular weight excluding hydrogens is 409 g/mol. The van der Waals surface area contributed by atoms with Crippen LogP contribution in [0.15, 0.2) is 71.8 Å². The molecule has 0 fully saturated rings. The highest BCUT2D eigenvalue weighted by atomic mass is 35.5. The number of nitrogens with one attached hydrogen (secondary N) is 2. The van der Waals surface area contributed by atoms with Gasteiger partial charge in [-0.25, -0.2) is 5.43 Å². The predicted molar refractivity (Wildman–Crippen MR) is 117 cm³/mol. The fraction of sp³-hybridized carbons (Fsp3) is 0.0455. The molecule has 0 bridgehead atoms. The van der Waals surface area contributed by atoms with Crippen molar-refractivity contribution in [3.8, 4) is 0 Å². The van der Waals surface area contributed by atoms with E-state index in [1.165, 1.54) is 6.21 Å². The summed E-state index contributed by atoms with van der Waals surface area (Å²) in [6, 6.07) is 18.8. The molecule has 3 rings (SSSR count). The first-order valence-corrected chi connectivity index (χ1v) is 9.44. The van der Waals surface area contributed by atoms with Crippen LogP contribution < -0.4 is 10.7 Å². The molecule has 0 atom stereocenters. The van der Waals surface area contributed by atoms with Crippen molar-refractivity contribution in [2.75, 3.05) is 5.32 Å². The number of carbonyl (C=O) groups is 2. The quantitative estimate of drug-likeness (QED) is 0.428. The van der Waals surface area contributed by atoms with E-state index in [9.17, 15) is 9.59 Å². The minimum Gasteiger partial charge on any atom is -0.322 e. The fourth-order valence-electron chi connectivity index (χ4n) is 2.56. The summed E-state index contributed by atoms with van der Waals surface area (Å²) in [6.45, 7) is 1.92. The number of nitrogens with zero attached hydrogens (tertiary/aromatic N) is 1. The van der Waals surface area contributed by atoms with Gasteiger partial charge in [-0.3, -0.25) is 9.59 Å². The first-order chi connectivity index (χ1) is 13.9. The van der Waals surface area contributed by atoms with Crippen molar-refractivity contribution in [1.29, 1.82) is 0 Å². The molecule has 0 aliphatic carbocycles. The number of anilines is 1. The van der Waals surface area contributed by atoms with Crippen LogP contribution in [0.1, 0.15) is 31.8 Å². The van der Waals surface area contributed by atoms with Crippen molar-refractivity contribution in [3.05, 3.63) is 99.0 Å². The average Bonchev–Trinajstić information content (AvgIpc) is 2.69. The van der Waals surface area contributed by atoms with Gasteiger partial charge in [-0.05, 0) is 49.4 Å². The lowest BCUT2D eigenvalue weighted by molar-refractivity contribution is 0.0953. The molecule has 0 saturated heterocycles. The molecule has 2 N–H and O–H groups in total. The number of hydrazone groups is 1. The van der Waals surface area contributed by atoms with Crippen LogP contribution in [0.5, 0.6) is 0 Å². The molecule has 0 spiro atoms. The van der Waals surface area contributed by atoms with Crippen molar-refractivity contribution >= 4 is 46.9 Å². The molecule has 29 heavy (non-hydrogen) atoms. The maximum atomic E-state index is 12.4. The third-order valence-corrected chi connectivity index (χ3v) is 4.56. The minimum absolute atomic E-state index is 0.248. The monoisotopic (exact) mass is 425 g/mol. The van der Waals surface area contributed by atoms with Gasteiger partial charge in [0, 0.05) is 27.4 Å². The third-order valence-electron chi connectivity index (χ3n) is 4.00. The Hall–Kier alpha value is -3.15. The molecule has 0 radical (unpaired) electrons. The summed E-state index contributed by atoms with van der Waals surface area (Å²) >= 11 is 11.9. The van der Waals surface area contributed by atoms with Crippen molar-refractivity contribution in [3.63, 3.8) is 0 Å². The van der Waals surface area contributed by atoms with E-state index in [4.69, 9.17) is 23.2 Å². The second kappa shape index (κ2) is 9.37. The zero-order valence-electron chi connectivity index (χ0n) is 15.4. The summed E-state index contributed by atoms with van der Waals surface area (Å²) in [6.07, 6.45) is 1.43. The van der Waals surface area contributed by atoms with Gasteiger partial charge in [0.25, 0.3) is 11.8 Å². The Labute approximate surface area is 178 Å². The van der Waals surface area contributed by atoms with Gasteiger partial charge >= 0.3 is 0 Å². The minimum atomic E-state index is -0.419. The highest BCUT2D eigenvalue weighted by Crippen LogP contribution is 2.19. The SMILES string of the molecule is Cc1cccc(C(=O)Nc2cccc(C(=O)N/N=C\c3ccc(Cl)cc3Cl)c2)c1. The highest BCUT2D eigenvalue weighted by Gasteiger charge is 2.09. The normalized spacial score (nSPS) is 10.7. The van der Waals surface area contributed by atoms with E-state index < -0.39 is 5.91 Å². The van der Waals surface area contributed by atoms with Gasteiger partial charge < -0.3 is 5.32 Å². The summed E-state index contributed by atoms with van der Waals surface area (Å²) in [5, 5.41) is 7.65. The predicted octanol–water partition coefficient (Wildman–Crippen LogP) is 5.32. The third kappa shape index (κ3) is 5.67. The van der Waals surface area contributed by atoms with E-state index in [-0.39, 0.29) is 5.91 Å². The fourth-order valence-corrected chi connectivity index (χ4v) is 3.02. The van der Waals surface area contributed by atoms with E-state index in [0.29, 0.717) is 32.4 Å². The van der Waals surface area contributed by atoms with Crippen LogP contribution in [0.3, 0.4) is 0 Å². The Morgan fingerprint density at radius 3 is 2.34 bits per heavy atom. The molecule has 7 heteroatoms. The lowest BCUT2D eigenvalue weighted by Crippen LogP contribution is -2.18. The lowest BCUT2D eigenvalue weighted by atomic mass is 10.1. The number of rotatable bonds is 5. The Bertz CT molecular complexity index is 1100. The van der Waals surface area contributed by atoms with Gasteiger partial charge in [0.15, 0.2) is 0 Å². The molecule has 2 amide bonds. The molecule has 0 unspecified atom stereocenters. The second-order valence-corrected chi connectivity index (χ2v) is 7.11. The maximum absolute atomic E-state index is 12.4. The van der Waals surface area contributed by atoms with E-state index in [1.54, 1.807) is 54.6 Å². The van der Waals surface area contributed by atoms with Crippen molar-refractivity contribution in [1.82, 2.24) is 5.43 Å². The summed E-state index contributed by atoms with van der Waals surface area (Å²) in [4.78, 5) is 24.7. The number of benzene rings is 3. The first kappa shape index (κ1) is 20.6. The molecule has 3 aromatic carbocycles. The summed E-state index contributed by atoms with van der Waals surface area (Å²) in [5.74, 6) is -0.667. The standard InChI is InChI=1S/C22H17Cl2N3O2/c1-14-4-2-5-15(10-14)21(28)26-19-7-3-6-16(11-19)22(29)27-25-13-17-8-9-18(23)12-20(17)24/h2-13H,1H3,(H,26,28)(H,27,29)/b25-13-. The van der Waals surface area contributed by atoms with Gasteiger partial charge in [-0.1, -0.05) is 53.0 Å². The van der Waals surface area contributed by atoms with Gasteiger partial charge in [-0.15, -0.1) is 0 Å². The Kier molecular flexibility index (Phi) is 6.65. The van der Waals surface area contributed by atoms with Crippen LogP contribution in [0.25, 0.3) is 0 Å². The first-order valence-electron chi connectivity index (χ1n) is 8.69. The van der Waals surface area contributed by atoms with Gasteiger partial charge in [0.1, 0.15) is 0 Å². The van der Waals surface area contributed by atoms with E-state index >= 15 is 0 Å². The Balaban J connectivity index is 1.66. The largest absolute Gasteiger partial charge is 0.322 e. The van der Waals surface area contributed by atoms with Crippen LogP contribution in [0, 0.1) is 6.92 Å². The molecule has 0 aliphatic heterocycles. The van der Waals surface area contributed by atoms with Crippen LogP contribution in [-0.2, 0) is 0 Å². The summed E-state index contributed by atoms with van der Waals surface area (Å²) < 4.78 is 0. The molecule has 5 nitrogen and oxygen atoms in total. The lowest BCUT2D eigenvalue weighted by Gasteiger charge is -2.07. The molecule has 0 saturated carbocycles.